The summed E-state index contributed by atoms with van der Waals surface area (Å²) in [5.74, 6) is 3.04. The van der Waals surface area contributed by atoms with E-state index in [0.29, 0.717) is 69.1 Å². The Morgan fingerprint density at radius 2 is 0.968 bits per heavy atom. The molecule has 0 atom stereocenters. The molecule has 18 nitrogen and oxygen atoms in total. The number of imidazole rings is 2. The third-order valence-corrected chi connectivity index (χ3v) is 9.71. The highest BCUT2D eigenvalue weighted by atomic mass is 32.2. The van der Waals surface area contributed by atoms with Gasteiger partial charge in [0.2, 0.25) is 10.0 Å². The Kier molecular flexibility index (Phi) is 11.5. The molecule has 63 heavy (non-hydrogen) atoms. The maximum absolute atomic E-state index is 12.4. The van der Waals surface area contributed by atoms with Gasteiger partial charge in [-0.3, -0.25) is 13.5 Å². The first-order chi connectivity index (χ1) is 30.3. The van der Waals surface area contributed by atoms with Gasteiger partial charge in [-0.1, -0.05) is 42.5 Å². The van der Waals surface area contributed by atoms with Crippen LogP contribution in [0.3, 0.4) is 0 Å². The van der Waals surface area contributed by atoms with Crippen LogP contribution in [0.5, 0.6) is 0 Å². The summed E-state index contributed by atoms with van der Waals surface area (Å²) in [4.78, 5) is 39.2. The number of rotatable bonds is 10. The number of nitrogens with two attached hydrogens (primary N) is 2. The number of nitrogens with one attached hydrogen (secondary N) is 5. The Labute approximate surface area is 361 Å². The summed E-state index contributed by atoms with van der Waals surface area (Å²) in [7, 11) is -3.38. The largest absolute Gasteiger partial charge is 0.384 e. The minimum atomic E-state index is -3.38. The van der Waals surface area contributed by atoms with Gasteiger partial charge in [-0.15, -0.1) is 0 Å². The molecule has 19 heteroatoms. The fourth-order valence-electron chi connectivity index (χ4n) is 6.72. The molecular formula is C44H41N15O3S. The van der Waals surface area contributed by atoms with Gasteiger partial charge in [0.05, 0.1) is 23.3 Å². The molecule has 0 fully saturated rings. The Hall–Kier alpha value is -8.58. The van der Waals surface area contributed by atoms with Crippen molar-refractivity contribution in [3.8, 4) is 22.8 Å². The number of aryl methyl sites for hydroxylation is 2. The maximum Gasteiger partial charge on any atom is 0.323 e. The number of fused-ring (bicyclic) bond motifs is 2. The smallest absolute Gasteiger partial charge is 0.323 e. The zero-order valence-electron chi connectivity index (χ0n) is 34.1. The minimum absolute atomic E-state index is 0.330. The molecule has 6 heterocycles. The van der Waals surface area contributed by atoms with E-state index in [1.165, 1.54) is 0 Å². The molecule has 9 aromatic rings. The van der Waals surface area contributed by atoms with E-state index in [1.807, 2.05) is 118 Å². The van der Waals surface area contributed by atoms with Crippen LogP contribution in [-0.4, -0.2) is 59.4 Å². The molecule has 316 valence electrons. The molecule has 3 aromatic carbocycles. The lowest BCUT2D eigenvalue weighted by Crippen LogP contribution is -2.19. The second-order valence-electron chi connectivity index (χ2n) is 14.2. The monoisotopic (exact) mass is 859 g/mol. The second-order valence-corrected chi connectivity index (χ2v) is 15.9. The van der Waals surface area contributed by atoms with Crippen LogP contribution in [0, 0.1) is 13.8 Å². The van der Waals surface area contributed by atoms with E-state index in [4.69, 9.17) is 16.5 Å². The minimum Gasteiger partial charge on any atom is -0.384 e. The fraction of sp³-hybridized carbons (Fsp3) is 0.0682. The van der Waals surface area contributed by atoms with Crippen LogP contribution in [0.2, 0.25) is 0 Å². The highest BCUT2D eigenvalue weighted by Crippen LogP contribution is 2.33. The van der Waals surface area contributed by atoms with E-state index < -0.39 is 10.0 Å². The third kappa shape index (κ3) is 10.1. The summed E-state index contributed by atoms with van der Waals surface area (Å²) in [5.41, 5.74) is 19.4. The SMILES string of the molecule is Cc1nc(N)cc(-c2c(Nc3cccc(NC(=O)Nc4ccccc4)c3)nc3ccccn23)n1.Cc1nc(N)cc(-c2c(Nc3cccc(NS(C)(=O)=O)c3)nc3ccccn23)n1. The van der Waals surface area contributed by atoms with E-state index in [0.717, 1.165) is 34.6 Å². The average Bonchev–Trinajstić information content (AvgIpc) is 3.78. The quantitative estimate of drug-likeness (QED) is 0.0693. The molecule has 0 aliphatic heterocycles. The van der Waals surface area contributed by atoms with Gasteiger partial charge < -0.3 is 32.7 Å². The summed E-state index contributed by atoms with van der Waals surface area (Å²) < 4.78 is 29.3. The van der Waals surface area contributed by atoms with E-state index >= 15 is 0 Å². The molecule has 0 bridgehead atoms. The van der Waals surface area contributed by atoms with Crippen LogP contribution in [0.1, 0.15) is 11.6 Å². The Bertz CT molecular complexity index is 3190. The maximum atomic E-state index is 12.4. The number of nitrogens with zero attached hydrogens (tertiary/aromatic N) is 8. The van der Waals surface area contributed by atoms with Gasteiger partial charge in [-0.25, -0.2) is 43.1 Å². The molecule has 6 aromatic heterocycles. The van der Waals surface area contributed by atoms with Crippen molar-refractivity contribution < 1.29 is 13.2 Å². The normalized spacial score (nSPS) is 11.1. The van der Waals surface area contributed by atoms with Crippen molar-refractivity contribution in [2.24, 2.45) is 0 Å². The van der Waals surface area contributed by atoms with Crippen molar-refractivity contribution >= 4 is 79.1 Å². The van der Waals surface area contributed by atoms with E-state index in [-0.39, 0.29) is 6.03 Å². The predicted molar refractivity (Wildman–Crippen MR) is 248 cm³/mol. The topological polar surface area (TPSA) is 250 Å². The van der Waals surface area contributed by atoms with Gasteiger partial charge in [0.1, 0.15) is 46.0 Å². The fourth-order valence-corrected chi connectivity index (χ4v) is 7.27. The van der Waals surface area contributed by atoms with Crippen LogP contribution in [0.25, 0.3) is 34.1 Å². The molecular weight excluding hydrogens is 819 g/mol. The number of carbonyl (C=O) groups excluding carboxylic acids is 1. The number of nitrogen functional groups attached to an aromatic ring is 2. The summed E-state index contributed by atoms with van der Waals surface area (Å²) in [5, 5.41) is 12.3. The summed E-state index contributed by atoms with van der Waals surface area (Å²) in [6.07, 6.45) is 4.91. The number of para-hydroxylation sites is 1. The van der Waals surface area contributed by atoms with Crippen molar-refractivity contribution in [2.75, 3.05) is 43.7 Å². The van der Waals surface area contributed by atoms with E-state index in [1.54, 1.807) is 44.2 Å². The van der Waals surface area contributed by atoms with E-state index in [9.17, 15) is 13.2 Å². The summed E-state index contributed by atoms with van der Waals surface area (Å²) in [6.45, 7) is 3.57. The van der Waals surface area contributed by atoms with Gasteiger partial charge in [-0.2, -0.15) is 0 Å². The molecule has 2 amide bonds. The lowest BCUT2D eigenvalue weighted by atomic mass is 10.2. The number of hydrogen-bond acceptors (Lipinski definition) is 13. The van der Waals surface area contributed by atoms with Gasteiger partial charge in [-0.05, 0) is 86.6 Å². The number of benzene rings is 3. The molecule has 0 spiro atoms. The lowest BCUT2D eigenvalue weighted by Gasteiger charge is -2.11. The number of urea groups is 1. The molecule has 0 saturated carbocycles. The highest BCUT2D eigenvalue weighted by molar-refractivity contribution is 7.92. The molecule has 0 saturated heterocycles. The van der Waals surface area contributed by atoms with Gasteiger partial charge in [0, 0.05) is 47.3 Å². The first-order valence-corrected chi connectivity index (χ1v) is 21.2. The van der Waals surface area contributed by atoms with E-state index in [2.05, 4.69) is 50.9 Å². The molecule has 0 aliphatic rings. The Balaban J connectivity index is 0.000000175. The molecule has 9 rings (SSSR count). The summed E-state index contributed by atoms with van der Waals surface area (Å²) in [6, 6.07) is 38.1. The Morgan fingerprint density at radius 3 is 1.48 bits per heavy atom. The zero-order valence-corrected chi connectivity index (χ0v) is 35.0. The van der Waals surface area contributed by atoms with Gasteiger partial charge >= 0.3 is 6.03 Å². The van der Waals surface area contributed by atoms with Crippen molar-refractivity contribution in [2.45, 2.75) is 13.8 Å². The summed E-state index contributed by atoms with van der Waals surface area (Å²) >= 11 is 0. The van der Waals surface area contributed by atoms with Gasteiger partial charge in [0.15, 0.2) is 11.6 Å². The van der Waals surface area contributed by atoms with Crippen molar-refractivity contribution in [1.82, 2.24) is 38.7 Å². The molecule has 0 aliphatic carbocycles. The molecule has 0 radical (unpaired) electrons. The number of aromatic nitrogens is 8. The molecule has 9 N–H and O–H groups in total. The van der Waals surface area contributed by atoms with Crippen molar-refractivity contribution in [1.29, 1.82) is 0 Å². The van der Waals surface area contributed by atoms with Crippen LogP contribution < -0.4 is 37.5 Å². The highest BCUT2D eigenvalue weighted by Gasteiger charge is 2.19. The van der Waals surface area contributed by atoms with Crippen LogP contribution in [-0.2, 0) is 10.0 Å². The second kappa shape index (κ2) is 17.6. The first kappa shape index (κ1) is 41.2. The van der Waals surface area contributed by atoms with Crippen molar-refractivity contribution in [3.05, 3.63) is 151 Å². The molecule has 0 unspecified atom stereocenters. The zero-order chi connectivity index (χ0) is 44.1. The number of anilines is 9. The number of pyridine rings is 2. The first-order valence-electron chi connectivity index (χ1n) is 19.4. The lowest BCUT2D eigenvalue weighted by molar-refractivity contribution is 0.262. The van der Waals surface area contributed by atoms with Crippen LogP contribution >= 0.6 is 0 Å². The third-order valence-electron chi connectivity index (χ3n) is 9.10. The average molecular weight is 860 g/mol. The van der Waals surface area contributed by atoms with Gasteiger partial charge in [0.25, 0.3) is 0 Å². The number of sulfonamides is 1. The standard InChI is InChI=1S/C25H22N8O.C19H19N7O2S/c1-16-27-20(15-21(26)28-16)23-24(32-22-12-5-6-13-33(22)23)29-18-10-7-11-19(14-18)31-25(34)30-17-8-3-2-4-9-17;1-12-21-15(11-16(20)22-12)18-19(24-17-8-3-4-9-26(17)18)23-13-6-5-7-14(10-13)25-29(2,27)28/h2-15,29H,1H3,(H2,26,27,28)(H2,30,31,34);3-11,23,25H,1-2H3,(H2,20,21,22). The number of carbonyl (C=O) groups is 1. The number of amides is 2. The van der Waals surface area contributed by atoms with Crippen molar-refractivity contribution in [3.63, 3.8) is 0 Å². The predicted octanol–water partition coefficient (Wildman–Crippen LogP) is 7.87. The van der Waals surface area contributed by atoms with Crippen LogP contribution in [0.15, 0.2) is 140 Å². The van der Waals surface area contributed by atoms with Crippen LogP contribution in [0.4, 0.5) is 56.5 Å². The Morgan fingerprint density at radius 1 is 0.524 bits per heavy atom. The number of hydrogen-bond donors (Lipinski definition) is 7.